The van der Waals surface area contributed by atoms with E-state index in [1.165, 1.54) is 31.2 Å². The Kier molecular flexibility index (Phi) is 5.46. The van der Waals surface area contributed by atoms with Crippen molar-refractivity contribution in [1.82, 2.24) is 15.2 Å². The van der Waals surface area contributed by atoms with Crippen molar-refractivity contribution in [2.45, 2.75) is 37.9 Å². The van der Waals surface area contributed by atoms with Gasteiger partial charge in [0.25, 0.3) is 5.91 Å². The lowest BCUT2D eigenvalue weighted by Crippen LogP contribution is -2.45. The Balaban J connectivity index is 1.46. The molecular weight excluding hydrogens is 335 g/mol. The van der Waals surface area contributed by atoms with E-state index in [0.717, 1.165) is 25.3 Å². The quantitative estimate of drug-likeness (QED) is 0.850. The Bertz CT molecular complexity index is 580. The summed E-state index contributed by atoms with van der Waals surface area (Å²) in [6.45, 7) is 1.03. The first-order valence-electron chi connectivity index (χ1n) is 8.59. The van der Waals surface area contributed by atoms with Gasteiger partial charge in [-0.1, -0.05) is 0 Å². The van der Waals surface area contributed by atoms with E-state index in [-0.39, 0.29) is 11.8 Å². The molecule has 0 atom stereocenters. The fourth-order valence-electron chi connectivity index (χ4n) is 2.87. The first kappa shape index (κ1) is 18.0. The Morgan fingerprint density at radius 1 is 1.24 bits per heavy atom. The van der Waals surface area contributed by atoms with Gasteiger partial charge >= 0.3 is 6.18 Å². The molecule has 1 aromatic rings. The minimum Gasteiger partial charge on any atom is -0.468 e. The topological polar surface area (TPSA) is 54.5 Å². The van der Waals surface area contributed by atoms with Crippen molar-refractivity contribution in [3.63, 3.8) is 0 Å². The van der Waals surface area contributed by atoms with Gasteiger partial charge in [0, 0.05) is 31.4 Å². The molecule has 2 aliphatic rings. The number of nitrogens with zero attached hydrogens (tertiary/aromatic N) is 2. The van der Waals surface area contributed by atoms with Gasteiger partial charge in [-0.25, -0.2) is 4.98 Å². The molecule has 8 heteroatoms. The van der Waals surface area contributed by atoms with Crippen LogP contribution in [0.15, 0.2) is 18.3 Å². The molecule has 1 aliphatic heterocycles. The van der Waals surface area contributed by atoms with Gasteiger partial charge in [0.1, 0.15) is 0 Å². The molecule has 0 bridgehead atoms. The number of piperidine rings is 1. The Labute approximate surface area is 144 Å². The number of nitrogens with one attached hydrogen (secondary N) is 1. The number of rotatable bonds is 6. The van der Waals surface area contributed by atoms with Crippen LogP contribution in [0.25, 0.3) is 0 Å². The monoisotopic (exact) mass is 357 g/mol. The molecule has 1 saturated heterocycles. The van der Waals surface area contributed by atoms with Crippen LogP contribution in [0.3, 0.4) is 0 Å². The molecule has 0 aromatic carbocycles. The normalized spacial score (nSPS) is 19.1. The predicted molar refractivity (Wildman–Crippen MR) is 85.4 cm³/mol. The number of halogens is 3. The van der Waals surface area contributed by atoms with Gasteiger partial charge in [-0.05, 0) is 44.2 Å². The van der Waals surface area contributed by atoms with Crippen LogP contribution < -0.4 is 10.1 Å². The lowest BCUT2D eigenvalue weighted by molar-refractivity contribution is -0.154. The zero-order valence-corrected chi connectivity index (χ0v) is 13.9. The maximum Gasteiger partial charge on any atom is 0.422 e. The third-order valence-corrected chi connectivity index (χ3v) is 4.54. The van der Waals surface area contributed by atoms with Crippen molar-refractivity contribution in [2.75, 3.05) is 26.2 Å². The molecular formula is C17H22F3N3O2. The van der Waals surface area contributed by atoms with Crippen LogP contribution >= 0.6 is 0 Å². The molecule has 2 heterocycles. The predicted octanol–water partition coefficient (Wildman–Crippen LogP) is 2.63. The third-order valence-electron chi connectivity index (χ3n) is 4.54. The molecule has 0 unspecified atom stereocenters. The summed E-state index contributed by atoms with van der Waals surface area (Å²) in [6.07, 6.45) is 1.33. The SMILES string of the molecule is O=C(c1ccc(OCC(F)(F)F)nc1)N1CCC(NCC2CC2)CC1. The number of carbonyl (C=O) groups is 1. The Hall–Kier alpha value is -1.83. The van der Waals surface area contributed by atoms with Crippen LogP contribution in [0.1, 0.15) is 36.0 Å². The molecule has 1 aromatic heterocycles. The van der Waals surface area contributed by atoms with Crippen molar-refractivity contribution >= 4 is 5.91 Å². The van der Waals surface area contributed by atoms with E-state index in [2.05, 4.69) is 15.0 Å². The second-order valence-corrected chi connectivity index (χ2v) is 6.71. The van der Waals surface area contributed by atoms with E-state index in [0.29, 0.717) is 24.7 Å². The second-order valence-electron chi connectivity index (χ2n) is 6.71. The summed E-state index contributed by atoms with van der Waals surface area (Å²) in [4.78, 5) is 18.0. The zero-order chi connectivity index (χ0) is 17.9. The summed E-state index contributed by atoms with van der Waals surface area (Å²) < 4.78 is 40.9. The first-order valence-corrected chi connectivity index (χ1v) is 8.59. The lowest BCUT2D eigenvalue weighted by atomic mass is 10.0. The number of carbonyl (C=O) groups excluding carboxylic acids is 1. The minimum absolute atomic E-state index is 0.142. The minimum atomic E-state index is -4.41. The highest BCUT2D eigenvalue weighted by molar-refractivity contribution is 5.94. The van der Waals surface area contributed by atoms with Crippen molar-refractivity contribution in [2.24, 2.45) is 5.92 Å². The fourth-order valence-corrected chi connectivity index (χ4v) is 2.87. The lowest BCUT2D eigenvalue weighted by Gasteiger charge is -2.32. The van der Waals surface area contributed by atoms with E-state index < -0.39 is 12.8 Å². The highest BCUT2D eigenvalue weighted by atomic mass is 19.4. The average molecular weight is 357 g/mol. The molecule has 2 fully saturated rings. The van der Waals surface area contributed by atoms with Crippen molar-refractivity contribution < 1.29 is 22.7 Å². The number of hydrogen-bond donors (Lipinski definition) is 1. The first-order chi connectivity index (χ1) is 11.9. The van der Waals surface area contributed by atoms with Crippen LogP contribution in [0, 0.1) is 5.92 Å². The van der Waals surface area contributed by atoms with Crippen LogP contribution in [-0.2, 0) is 0 Å². The number of aromatic nitrogens is 1. The van der Waals surface area contributed by atoms with Crippen LogP contribution in [0.4, 0.5) is 13.2 Å². The highest BCUT2D eigenvalue weighted by Gasteiger charge is 2.29. The molecule has 5 nitrogen and oxygen atoms in total. The summed E-state index contributed by atoms with van der Waals surface area (Å²) in [5.74, 6) is 0.552. The number of likely N-dealkylation sites (tertiary alicyclic amines) is 1. The smallest absolute Gasteiger partial charge is 0.422 e. The van der Waals surface area contributed by atoms with Gasteiger partial charge < -0.3 is 15.0 Å². The van der Waals surface area contributed by atoms with Crippen LogP contribution in [0.2, 0.25) is 0 Å². The zero-order valence-electron chi connectivity index (χ0n) is 13.9. The average Bonchev–Trinajstić information content (AvgIpc) is 3.42. The van der Waals surface area contributed by atoms with Crippen LogP contribution in [0.5, 0.6) is 5.88 Å². The van der Waals surface area contributed by atoms with Gasteiger partial charge in [-0.2, -0.15) is 13.2 Å². The molecule has 1 aliphatic carbocycles. The van der Waals surface area contributed by atoms with Gasteiger partial charge in [0.05, 0.1) is 5.56 Å². The van der Waals surface area contributed by atoms with E-state index in [9.17, 15) is 18.0 Å². The van der Waals surface area contributed by atoms with Crippen molar-refractivity contribution in [3.8, 4) is 5.88 Å². The molecule has 1 saturated carbocycles. The Morgan fingerprint density at radius 2 is 1.96 bits per heavy atom. The summed E-state index contributed by atoms with van der Waals surface area (Å²) in [7, 11) is 0. The van der Waals surface area contributed by atoms with E-state index in [1.807, 2.05) is 0 Å². The molecule has 0 radical (unpaired) electrons. The van der Waals surface area contributed by atoms with Gasteiger partial charge in [0.15, 0.2) is 6.61 Å². The molecule has 0 spiro atoms. The summed E-state index contributed by atoms with van der Waals surface area (Å²) in [5.41, 5.74) is 0.365. The molecule has 1 N–H and O–H groups in total. The summed E-state index contributed by atoms with van der Waals surface area (Å²) >= 11 is 0. The van der Waals surface area contributed by atoms with E-state index in [1.54, 1.807) is 4.90 Å². The summed E-state index contributed by atoms with van der Waals surface area (Å²) in [5, 5.41) is 3.56. The van der Waals surface area contributed by atoms with Gasteiger partial charge in [-0.3, -0.25) is 4.79 Å². The fraction of sp³-hybridized carbons (Fsp3) is 0.647. The number of ether oxygens (including phenoxy) is 1. The summed E-state index contributed by atoms with van der Waals surface area (Å²) in [6, 6.07) is 3.21. The number of pyridine rings is 1. The molecule has 3 rings (SSSR count). The van der Waals surface area contributed by atoms with Crippen LogP contribution in [-0.4, -0.2) is 54.3 Å². The maximum absolute atomic E-state index is 12.5. The van der Waals surface area contributed by atoms with Gasteiger partial charge in [0.2, 0.25) is 5.88 Å². The van der Waals surface area contributed by atoms with Crippen molar-refractivity contribution in [1.29, 1.82) is 0 Å². The Morgan fingerprint density at radius 3 is 2.52 bits per heavy atom. The molecule has 1 amide bonds. The maximum atomic E-state index is 12.5. The molecule has 25 heavy (non-hydrogen) atoms. The van der Waals surface area contributed by atoms with E-state index >= 15 is 0 Å². The number of hydrogen-bond acceptors (Lipinski definition) is 4. The largest absolute Gasteiger partial charge is 0.468 e. The van der Waals surface area contributed by atoms with Crippen molar-refractivity contribution in [3.05, 3.63) is 23.9 Å². The number of alkyl halides is 3. The third kappa shape index (κ3) is 5.59. The molecule has 138 valence electrons. The number of amides is 1. The van der Waals surface area contributed by atoms with E-state index in [4.69, 9.17) is 0 Å². The van der Waals surface area contributed by atoms with Gasteiger partial charge in [-0.15, -0.1) is 0 Å². The standard InChI is InChI=1S/C17H22F3N3O2/c18-17(19,20)11-25-15-4-3-13(10-22-15)16(24)23-7-5-14(6-8-23)21-9-12-1-2-12/h3-4,10,12,14,21H,1-2,5-9,11H2. The second kappa shape index (κ2) is 7.59. The highest BCUT2D eigenvalue weighted by Crippen LogP contribution is 2.28.